The highest BCUT2D eigenvalue weighted by molar-refractivity contribution is 5.94. The zero-order valence-corrected chi connectivity index (χ0v) is 12.6. The minimum Gasteiger partial charge on any atom is -0.454 e. The van der Waals surface area contributed by atoms with Crippen molar-refractivity contribution in [1.29, 1.82) is 0 Å². The van der Waals surface area contributed by atoms with Crippen LogP contribution < -0.4 is 19.7 Å². The molecule has 0 saturated carbocycles. The molecular formula is C17H18N2O3. The third-order valence-electron chi connectivity index (χ3n) is 3.54. The molecule has 0 saturated heterocycles. The number of hydrogen-bond donors (Lipinski definition) is 1. The Morgan fingerprint density at radius 2 is 1.82 bits per heavy atom. The SMILES string of the molecule is CN(C)c1ccc(CNC(=O)c2ccc3c(c2)OCO3)cc1. The van der Waals surface area contributed by atoms with E-state index in [1.54, 1.807) is 18.2 Å². The van der Waals surface area contributed by atoms with Gasteiger partial charge in [-0.15, -0.1) is 0 Å². The second-order valence-electron chi connectivity index (χ2n) is 5.31. The first-order valence-corrected chi connectivity index (χ1v) is 7.07. The van der Waals surface area contributed by atoms with Gasteiger partial charge in [-0.2, -0.15) is 0 Å². The summed E-state index contributed by atoms with van der Waals surface area (Å²) >= 11 is 0. The fraction of sp³-hybridized carbons (Fsp3) is 0.235. The lowest BCUT2D eigenvalue weighted by atomic mass is 10.1. The van der Waals surface area contributed by atoms with Gasteiger partial charge in [-0.1, -0.05) is 12.1 Å². The van der Waals surface area contributed by atoms with E-state index in [0.29, 0.717) is 23.6 Å². The first-order chi connectivity index (χ1) is 10.6. The van der Waals surface area contributed by atoms with Crippen LogP contribution in [-0.4, -0.2) is 26.8 Å². The van der Waals surface area contributed by atoms with Gasteiger partial charge < -0.3 is 19.7 Å². The van der Waals surface area contributed by atoms with Crippen LogP contribution in [0.2, 0.25) is 0 Å². The number of nitrogens with zero attached hydrogens (tertiary/aromatic N) is 1. The van der Waals surface area contributed by atoms with Crippen LogP contribution in [0.25, 0.3) is 0 Å². The minimum absolute atomic E-state index is 0.130. The van der Waals surface area contributed by atoms with Gasteiger partial charge in [-0.25, -0.2) is 0 Å². The third-order valence-corrected chi connectivity index (χ3v) is 3.54. The zero-order valence-electron chi connectivity index (χ0n) is 12.6. The van der Waals surface area contributed by atoms with Crippen molar-refractivity contribution in [2.75, 3.05) is 25.8 Å². The maximum Gasteiger partial charge on any atom is 0.251 e. The predicted molar refractivity (Wildman–Crippen MR) is 84.5 cm³/mol. The highest BCUT2D eigenvalue weighted by atomic mass is 16.7. The van der Waals surface area contributed by atoms with Crippen LogP contribution >= 0.6 is 0 Å². The molecule has 114 valence electrons. The van der Waals surface area contributed by atoms with Gasteiger partial charge in [0, 0.05) is 31.9 Å². The number of anilines is 1. The monoisotopic (exact) mass is 298 g/mol. The molecule has 0 aliphatic carbocycles. The number of ether oxygens (including phenoxy) is 2. The van der Waals surface area contributed by atoms with Crippen LogP contribution in [0.15, 0.2) is 42.5 Å². The summed E-state index contributed by atoms with van der Waals surface area (Å²) < 4.78 is 10.5. The maximum atomic E-state index is 12.2. The molecular weight excluding hydrogens is 280 g/mol. The van der Waals surface area contributed by atoms with Gasteiger partial charge >= 0.3 is 0 Å². The fourth-order valence-electron chi connectivity index (χ4n) is 2.23. The van der Waals surface area contributed by atoms with E-state index in [1.807, 2.05) is 43.3 Å². The molecule has 0 bridgehead atoms. The zero-order chi connectivity index (χ0) is 15.5. The van der Waals surface area contributed by atoms with Crippen molar-refractivity contribution in [2.45, 2.75) is 6.54 Å². The van der Waals surface area contributed by atoms with Gasteiger partial charge in [0.15, 0.2) is 11.5 Å². The molecule has 0 atom stereocenters. The topological polar surface area (TPSA) is 50.8 Å². The largest absolute Gasteiger partial charge is 0.454 e. The number of amides is 1. The molecule has 0 spiro atoms. The van der Waals surface area contributed by atoms with Crippen LogP contribution in [0, 0.1) is 0 Å². The second-order valence-corrected chi connectivity index (χ2v) is 5.31. The van der Waals surface area contributed by atoms with Gasteiger partial charge in [-0.05, 0) is 35.9 Å². The van der Waals surface area contributed by atoms with Crippen molar-refractivity contribution >= 4 is 11.6 Å². The lowest BCUT2D eigenvalue weighted by molar-refractivity contribution is 0.0950. The van der Waals surface area contributed by atoms with Gasteiger partial charge in [-0.3, -0.25) is 4.79 Å². The summed E-state index contributed by atoms with van der Waals surface area (Å²) in [6.07, 6.45) is 0. The van der Waals surface area contributed by atoms with Crippen molar-refractivity contribution < 1.29 is 14.3 Å². The molecule has 0 fully saturated rings. The van der Waals surface area contributed by atoms with E-state index in [-0.39, 0.29) is 12.7 Å². The minimum atomic E-state index is -0.130. The number of hydrogen-bond acceptors (Lipinski definition) is 4. The Hall–Kier alpha value is -2.69. The molecule has 3 rings (SSSR count). The highest BCUT2D eigenvalue weighted by Crippen LogP contribution is 2.32. The van der Waals surface area contributed by atoms with E-state index < -0.39 is 0 Å². The van der Waals surface area contributed by atoms with Crippen molar-refractivity contribution in [3.63, 3.8) is 0 Å². The Kier molecular flexibility index (Phi) is 3.87. The molecule has 1 aliphatic rings. The molecule has 22 heavy (non-hydrogen) atoms. The number of nitrogens with one attached hydrogen (secondary N) is 1. The smallest absolute Gasteiger partial charge is 0.251 e. The van der Waals surface area contributed by atoms with E-state index in [2.05, 4.69) is 5.32 Å². The molecule has 0 unspecified atom stereocenters. The van der Waals surface area contributed by atoms with Gasteiger partial charge in [0.05, 0.1) is 0 Å². The average molecular weight is 298 g/mol. The van der Waals surface area contributed by atoms with E-state index in [1.165, 1.54) is 0 Å². The number of carbonyl (C=O) groups excluding carboxylic acids is 1. The predicted octanol–water partition coefficient (Wildman–Crippen LogP) is 2.41. The van der Waals surface area contributed by atoms with Crippen LogP contribution in [0.1, 0.15) is 15.9 Å². The number of carbonyl (C=O) groups is 1. The molecule has 1 N–H and O–H groups in total. The summed E-state index contributed by atoms with van der Waals surface area (Å²) in [5.74, 6) is 1.16. The molecule has 2 aromatic carbocycles. The Balaban J connectivity index is 1.62. The van der Waals surface area contributed by atoms with Crippen molar-refractivity contribution in [2.24, 2.45) is 0 Å². The summed E-state index contributed by atoms with van der Waals surface area (Å²) in [6, 6.07) is 13.3. The lowest BCUT2D eigenvalue weighted by Gasteiger charge is -2.13. The van der Waals surface area contributed by atoms with Crippen molar-refractivity contribution in [3.05, 3.63) is 53.6 Å². The van der Waals surface area contributed by atoms with Crippen LogP contribution in [0.5, 0.6) is 11.5 Å². The Morgan fingerprint density at radius 3 is 2.55 bits per heavy atom. The molecule has 5 nitrogen and oxygen atoms in total. The standard InChI is InChI=1S/C17H18N2O3/c1-19(2)14-6-3-12(4-7-14)10-18-17(20)13-5-8-15-16(9-13)22-11-21-15/h3-9H,10-11H2,1-2H3,(H,18,20). The van der Waals surface area contributed by atoms with Crippen molar-refractivity contribution in [3.8, 4) is 11.5 Å². The van der Waals surface area contributed by atoms with E-state index in [9.17, 15) is 4.79 Å². The summed E-state index contributed by atoms with van der Waals surface area (Å²) in [5.41, 5.74) is 2.75. The normalized spacial score (nSPS) is 12.1. The number of benzene rings is 2. The second kappa shape index (κ2) is 5.97. The molecule has 1 aliphatic heterocycles. The number of fused-ring (bicyclic) bond motifs is 1. The maximum absolute atomic E-state index is 12.2. The molecule has 5 heteroatoms. The first kappa shape index (κ1) is 14.3. The van der Waals surface area contributed by atoms with E-state index >= 15 is 0 Å². The summed E-state index contributed by atoms with van der Waals surface area (Å²) in [4.78, 5) is 14.2. The van der Waals surface area contributed by atoms with E-state index in [4.69, 9.17) is 9.47 Å². The Morgan fingerprint density at radius 1 is 1.09 bits per heavy atom. The molecule has 1 heterocycles. The van der Waals surface area contributed by atoms with Gasteiger partial charge in [0.25, 0.3) is 5.91 Å². The quantitative estimate of drug-likeness (QED) is 0.942. The lowest BCUT2D eigenvalue weighted by Crippen LogP contribution is -2.22. The Bertz CT molecular complexity index is 681. The van der Waals surface area contributed by atoms with Crippen LogP contribution in [0.3, 0.4) is 0 Å². The molecule has 0 aromatic heterocycles. The Labute approximate surface area is 129 Å². The number of rotatable bonds is 4. The molecule has 0 radical (unpaired) electrons. The first-order valence-electron chi connectivity index (χ1n) is 7.07. The summed E-state index contributed by atoms with van der Waals surface area (Å²) in [5, 5.41) is 2.91. The third kappa shape index (κ3) is 2.98. The van der Waals surface area contributed by atoms with Gasteiger partial charge in [0.1, 0.15) is 0 Å². The van der Waals surface area contributed by atoms with Crippen LogP contribution in [0.4, 0.5) is 5.69 Å². The summed E-state index contributed by atoms with van der Waals surface area (Å²) in [7, 11) is 3.99. The van der Waals surface area contributed by atoms with Gasteiger partial charge in [0.2, 0.25) is 6.79 Å². The van der Waals surface area contributed by atoms with E-state index in [0.717, 1.165) is 11.3 Å². The average Bonchev–Trinajstić information content (AvgIpc) is 3.00. The van der Waals surface area contributed by atoms with Crippen LogP contribution in [-0.2, 0) is 6.54 Å². The fourth-order valence-corrected chi connectivity index (χ4v) is 2.23. The summed E-state index contributed by atoms with van der Waals surface area (Å²) in [6.45, 7) is 0.694. The molecule has 1 amide bonds. The molecule has 2 aromatic rings. The van der Waals surface area contributed by atoms with Crippen molar-refractivity contribution in [1.82, 2.24) is 5.32 Å². The highest BCUT2D eigenvalue weighted by Gasteiger charge is 2.15.